The van der Waals surface area contributed by atoms with Gasteiger partial charge in [0.15, 0.2) is 0 Å². The van der Waals surface area contributed by atoms with Crippen LogP contribution >= 0.6 is 0 Å². The van der Waals surface area contributed by atoms with Gasteiger partial charge in [-0.25, -0.2) is 4.79 Å². The third kappa shape index (κ3) is 6.29. The Balaban J connectivity index is 1.78. The molecule has 4 N–H and O–H groups in total. The largest absolute Gasteiger partial charge is 0.480 e. The maximum Gasteiger partial charge on any atom is 0.326 e. The van der Waals surface area contributed by atoms with E-state index in [0.717, 1.165) is 29.3 Å². The van der Waals surface area contributed by atoms with Gasteiger partial charge in [0.2, 0.25) is 11.8 Å². The number of benzene rings is 1. The van der Waals surface area contributed by atoms with Crippen molar-refractivity contribution in [2.24, 2.45) is 0 Å². The van der Waals surface area contributed by atoms with Crippen LogP contribution in [0, 0.1) is 0 Å². The van der Waals surface area contributed by atoms with E-state index >= 15 is 0 Å². The van der Waals surface area contributed by atoms with Crippen molar-refractivity contribution in [1.82, 2.24) is 15.6 Å². The molecule has 144 valence electrons. The number of hydrogen-bond donors (Lipinski definition) is 4. The summed E-state index contributed by atoms with van der Waals surface area (Å²) in [5.41, 5.74) is 1.79. The smallest absolute Gasteiger partial charge is 0.326 e. The van der Waals surface area contributed by atoms with Gasteiger partial charge < -0.3 is 20.7 Å². The van der Waals surface area contributed by atoms with Crippen molar-refractivity contribution in [2.75, 3.05) is 6.54 Å². The Morgan fingerprint density at radius 3 is 2.70 bits per heavy atom. The number of aromatic nitrogens is 1. The van der Waals surface area contributed by atoms with Crippen LogP contribution in [0.25, 0.3) is 10.9 Å². The lowest BCUT2D eigenvalue weighted by molar-refractivity contribution is -0.141. The standard InChI is InChI=1S/C20H25N3O4/c1-2-18(24)21-11-7-3-4-10-19(25)23-17(20(26)27)12-14-13-22-16-9-6-5-8-15(14)16/h2,5-6,8-9,13,17,22H,1,3-4,7,10-12H2,(H,21,24)(H,23,25)(H,26,27)/t17-/m0/s1. The van der Waals surface area contributed by atoms with E-state index in [2.05, 4.69) is 22.2 Å². The topological polar surface area (TPSA) is 111 Å². The highest BCUT2D eigenvalue weighted by Crippen LogP contribution is 2.19. The lowest BCUT2D eigenvalue weighted by Crippen LogP contribution is -2.42. The van der Waals surface area contributed by atoms with Crippen molar-refractivity contribution in [2.45, 2.75) is 38.1 Å². The molecule has 0 spiro atoms. The molecule has 1 atom stereocenters. The van der Waals surface area contributed by atoms with Crippen LogP contribution in [0.5, 0.6) is 0 Å². The van der Waals surface area contributed by atoms with Crippen molar-refractivity contribution < 1.29 is 19.5 Å². The Morgan fingerprint density at radius 1 is 1.19 bits per heavy atom. The van der Waals surface area contributed by atoms with Gasteiger partial charge in [0.05, 0.1) is 0 Å². The van der Waals surface area contributed by atoms with Crippen molar-refractivity contribution in [3.05, 3.63) is 48.7 Å². The lowest BCUT2D eigenvalue weighted by atomic mass is 10.0. The molecule has 0 aliphatic heterocycles. The van der Waals surface area contributed by atoms with E-state index < -0.39 is 12.0 Å². The maximum atomic E-state index is 12.1. The summed E-state index contributed by atoms with van der Waals surface area (Å²) in [5.74, 6) is -1.55. The molecule has 7 heteroatoms. The number of fused-ring (bicyclic) bond motifs is 1. The average molecular weight is 371 g/mol. The SMILES string of the molecule is C=CC(=O)NCCCCCC(=O)N[C@@H](Cc1c[nH]c2ccccc12)C(=O)O. The van der Waals surface area contributed by atoms with Crippen molar-refractivity contribution in [1.29, 1.82) is 0 Å². The summed E-state index contributed by atoms with van der Waals surface area (Å²) in [6.45, 7) is 3.90. The number of aromatic amines is 1. The molecule has 27 heavy (non-hydrogen) atoms. The number of carboxylic acids is 1. The van der Waals surface area contributed by atoms with E-state index in [1.807, 2.05) is 24.3 Å². The number of rotatable bonds is 11. The quantitative estimate of drug-likeness (QED) is 0.358. The fourth-order valence-electron chi connectivity index (χ4n) is 2.86. The monoisotopic (exact) mass is 371 g/mol. The van der Waals surface area contributed by atoms with Crippen LogP contribution in [0.15, 0.2) is 43.1 Å². The van der Waals surface area contributed by atoms with Gasteiger partial charge in [-0.1, -0.05) is 31.2 Å². The van der Waals surface area contributed by atoms with Gasteiger partial charge in [-0.15, -0.1) is 0 Å². The molecule has 0 saturated carbocycles. The van der Waals surface area contributed by atoms with Crippen LogP contribution in [0.2, 0.25) is 0 Å². The molecule has 0 radical (unpaired) electrons. The van der Waals surface area contributed by atoms with Gasteiger partial charge in [0, 0.05) is 36.5 Å². The number of aliphatic carboxylic acids is 1. The number of para-hydroxylation sites is 1. The second kappa shape index (κ2) is 10.2. The zero-order valence-electron chi connectivity index (χ0n) is 15.2. The van der Waals surface area contributed by atoms with Gasteiger partial charge in [0.1, 0.15) is 6.04 Å². The Morgan fingerprint density at radius 2 is 1.96 bits per heavy atom. The number of unbranched alkanes of at least 4 members (excludes halogenated alkanes) is 2. The Hall–Kier alpha value is -3.09. The molecule has 2 amide bonds. The fourth-order valence-corrected chi connectivity index (χ4v) is 2.86. The Labute approximate surface area is 157 Å². The van der Waals surface area contributed by atoms with E-state index in [4.69, 9.17) is 0 Å². The molecule has 2 aromatic rings. The van der Waals surface area contributed by atoms with Gasteiger partial charge in [-0.05, 0) is 30.5 Å². The summed E-state index contributed by atoms with van der Waals surface area (Å²) in [6, 6.07) is 6.68. The molecule has 0 aliphatic rings. The van der Waals surface area contributed by atoms with Crippen LogP contribution in [0.4, 0.5) is 0 Å². The summed E-state index contributed by atoms with van der Waals surface area (Å²) in [7, 11) is 0. The number of carbonyl (C=O) groups is 3. The summed E-state index contributed by atoms with van der Waals surface area (Å²) in [4.78, 5) is 37.7. The fraction of sp³-hybridized carbons (Fsp3) is 0.350. The zero-order valence-corrected chi connectivity index (χ0v) is 15.2. The summed E-state index contributed by atoms with van der Waals surface area (Å²) in [5, 5.41) is 15.7. The summed E-state index contributed by atoms with van der Waals surface area (Å²) in [6.07, 6.45) is 5.63. The zero-order chi connectivity index (χ0) is 19.6. The maximum absolute atomic E-state index is 12.1. The van der Waals surface area contributed by atoms with Gasteiger partial charge in [0.25, 0.3) is 0 Å². The highest BCUT2D eigenvalue weighted by molar-refractivity contribution is 5.87. The Kier molecular flexibility index (Phi) is 7.61. The number of nitrogens with one attached hydrogen (secondary N) is 3. The second-order valence-electron chi connectivity index (χ2n) is 6.33. The molecule has 0 unspecified atom stereocenters. The first-order chi connectivity index (χ1) is 13.0. The molecule has 0 aliphatic carbocycles. The minimum Gasteiger partial charge on any atom is -0.480 e. The molecule has 1 heterocycles. The minimum absolute atomic E-state index is 0.214. The summed E-state index contributed by atoms with van der Waals surface area (Å²) >= 11 is 0. The number of carbonyl (C=O) groups excluding carboxylic acids is 2. The van der Waals surface area contributed by atoms with Crippen LogP contribution in [0.1, 0.15) is 31.2 Å². The second-order valence-corrected chi connectivity index (χ2v) is 6.33. The van der Waals surface area contributed by atoms with E-state index in [0.29, 0.717) is 13.0 Å². The molecule has 7 nitrogen and oxygen atoms in total. The van der Waals surface area contributed by atoms with Crippen molar-refractivity contribution in [3.63, 3.8) is 0 Å². The van der Waals surface area contributed by atoms with Crippen LogP contribution in [-0.2, 0) is 20.8 Å². The third-order valence-electron chi connectivity index (χ3n) is 4.30. The lowest BCUT2D eigenvalue weighted by Gasteiger charge is -2.14. The van der Waals surface area contributed by atoms with E-state index in [9.17, 15) is 19.5 Å². The molecule has 0 saturated heterocycles. The van der Waals surface area contributed by atoms with Crippen molar-refractivity contribution >= 4 is 28.7 Å². The Bertz CT molecular complexity index is 812. The van der Waals surface area contributed by atoms with E-state index in [1.54, 1.807) is 6.20 Å². The molecule has 0 bridgehead atoms. The summed E-state index contributed by atoms with van der Waals surface area (Å²) < 4.78 is 0. The molecule has 2 rings (SSSR count). The molecular weight excluding hydrogens is 346 g/mol. The first-order valence-electron chi connectivity index (χ1n) is 8.98. The molecular formula is C20H25N3O4. The minimum atomic E-state index is -1.05. The van der Waals surface area contributed by atoms with Crippen molar-refractivity contribution in [3.8, 4) is 0 Å². The first kappa shape index (κ1) is 20.2. The number of carboxylic acid groups (broad SMARTS) is 1. The van der Waals surface area contributed by atoms with Gasteiger partial charge in [-0.2, -0.15) is 0 Å². The number of amides is 2. The van der Waals surface area contributed by atoms with Crippen LogP contribution in [0.3, 0.4) is 0 Å². The highest BCUT2D eigenvalue weighted by Gasteiger charge is 2.21. The third-order valence-corrected chi connectivity index (χ3v) is 4.30. The van der Waals surface area contributed by atoms with Gasteiger partial charge in [-0.3, -0.25) is 9.59 Å². The predicted octanol–water partition coefficient (Wildman–Crippen LogP) is 2.14. The first-order valence-corrected chi connectivity index (χ1v) is 8.98. The van der Waals surface area contributed by atoms with Crippen LogP contribution in [-0.4, -0.2) is 40.5 Å². The highest BCUT2D eigenvalue weighted by atomic mass is 16.4. The van der Waals surface area contributed by atoms with E-state index in [-0.39, 0.29) is 24.7 Å². The average Bonchev–Trinajstić information content (AvgIpc) is 3.06. The normalized spacial score (nSPS) is 11.7. The molecule has 1 aromatic heterocycles. The molecule has 0 fully saturated rings. The van der Waals surface area contributed by atoms with E-state index in [1.165, 1.54) is 6.08 Å². The predicted molar refractivity (Wildman–Crippen MR) is 103 cm³/mol. The van der Waals surface area contributed by atoms with Gasteiger partial charge >= 0.3 is 5.97 Å². The molecule has 1 aromatic carbocycles. The number of H-pyrrole nitrogens is 1. The van der Waals surface area contributed by atoms with Crippen LogP contribution < -0.4 is 10.6 Å². The number of hydrogen-bond acceptors (Lipinski definition) is 3.